The molecule has 88 valence electrons. The molecule has 0 aliphatic carbocycles. The molecule has 0 amide bonds. The lowest BCUT2D eigenvalue weighted by Crippen LogP contribution is -2.09. The quantitative estimate of drug-likeness (QED) is 0.777. The summed E-state index contributed by atoms with van der Waals surface area (Å²) >= 11 is 0. The smallest absolute Gasteiger partial charge is 0.250 e. The zero-order chi connectivity index (χ0) is 11.1. The molecule has 1 rings (SSSR count). The SMILES string of the molecule is C.CC(C)C.CC(C)c1nccc(=O)[nH]1. The maximum atomic E-state index is 10.7. The largest absolute Gasteiger partial charge is 0.310 e. The van der Waals surface area contributed by atoms with Crippen molar-refractivity contribution in [1.82, 2.24) is 9.97 Å². The third-order valence-electron chi connectivity index (χ3n) is 1.24. The first kappa shape index (κ1) is 16.3. The van der Waals surface area contributed by atoms with Gasteiger partial charge < -0.3 is 4.98 Å². The van der Waals surface area contributed by atoms with E-state index in [0.717, 1.165) is 11.7 Å². The number of hydrogen-bond acceptors (Lipinski definition) is 2. The highest BCUT2D eigenvalue weighted by Gasteiger charge is 1.98. The first-order valence-corrected chi connectivity index (χ1v) is 4.98. The summed E-state index contributed by atoms with van der Waals surface area (Å²) in [6.45, 7) is 10.5. The molecule has 3 nitrogen and oxygen atoms in total. The Balaban J connectivity index is 0. The average molecular weight is 212 g/mol. The van der Waals surface area contributed by atoms with Crippen LogP contribution in [0.25, 0.3) is 0 Å². The maximum Gasteiger partial charge on any atom is 0.250 e. The highest BCUT2D eigenvalue weighted by molar-refractivity contribution is 4.93. The van der Waals surface area contributed by atoms with E-state index in [9.17, 15) is 4.79 Å². The second-order valence-electron chi connectivity index (χ2n) is 4.21. The van der Waals surface area contributed by atoms with Gasteiger partial charge >= 0.3 is 0 Å². The summed E-state index contributed by atoms with van der Waals surface area (Å²) in [5.41, 5.74) is -0.0845. The molecule has 0 aliphatic rings. The van der Waals surface area contributed by atoms with E-state index >= 15 is 0 Å². The van der Waals surface area contributed by atoms with Gasteiger partial charge in [0.05, 0.1) is 0 Å². The van der Waals surface area contributed by atoms with E-state index < -0.39 is 0 Å². The molecule has 0 aliphatic heterocycles. The first-order valence-electron chi connectivity index (χ1n) is 4.98. The summed E-state index contributed by atoms with van der Waals surface area (Å²) in [5, 5.41) is 0. The van der Waals surface area contributed by atoms with E-state index in [1.165, 1.54) is 12.3 Å². The van der Waals surface area contributed by atoms with Crippen LogP contribution in [0.1, 0.15) is 53.8 Å². The molecule has 0 unspecified atom stereocenters. The van der Waals surface area contributed by atoms with Gasteiger partial charge in [0.1, 0.15) is 5.82 Å². The molecule has 0 bridgehead atoms. The molecule has 0 saturated carbocycles. The summed E-state index contributed by atoms with van der Waals surface area (Å²) in [4.78, 5) is 17.3. The van der Waals surface area contributed by atoms with Crippen LogP contribution in [0.2, 0.25) is 0 Å². The molecule has 15 heavy (non-hydrogen) atoms. The molecule has 0 radical (unpaired) electrons. The van der Waals surface area contributed by atoms with Gasteiger partial charge in [0, 0.05) is 18.2 Å². The van der Waals surface area contributed by atoms with E-state index in [2.05, 4.69) is 30.7 Å². The van der Waals surface area contributed by atoms with Gasteiger partial charge in [0.2, 0.25) is 0 Å². The second-order valence-corrected chi connectivity index (χ2v) is 4.21. The normalized spacial score (nSPS) is 9.27. The van der Waals surface area contributed by atoms with E-state index in [0.29, 0.717) is 0 Å². The van der Waals surface area contributed by atoms with Crippen molar-refractivity contribution in [1.29, 1.82) is 0 Å². The van der Waals surface area contributed by atoms with E-state index in [-0.39, 0.29) is 18.9 Å². The number of nitrogens with zero attached hydrogens (tertiary/aromatic N) is 1. The Kier molecular flexibility index (Phi) is 8.93. The van der Waals surface area contributed by atoms with Gasteiger partial charge in [-0.05, 0) is 5.92 Å². The number of hydrogen-bond donors (Lipinski definition) is 1. The number of H-pyrrole nitrogens is 1. The standard InChI is InChI=1S/C7H10N2O.C4H10.CH4/c1-5(2)7-8-4-3-6(10)9-7;1-4(2)3;/h3-5H,1-2H3,(H,8,9,10);4H,1-3H3;1H4. The van der Waals surface area contributed by atoms with Gasteiger partial charge in [-0.3, -0.25) is 4.79 Å². The number of rotatable bonds is 1. The zero-order valence-corrected chi connectivity index (χ0v) is 9.66. The molecule has 1 heterocycles. The summed E-state index contributed by atoms with van der Waals surface area (Å²) in [6, 6.07) is 1.41. The molecule has 1 N–H and O–H groups in total. The summed E-state index contributed by atoms with van der Waals surface area (Å²) < 4.78 is 0. The number of aromatic nitrogens is 2. The van der Waals surface area contributed by atoms with Gasteiger partial charge in [-0.2, -0.15) is 0 Å². The van der Waals surface area contributed by atoms with Crippen LogP contribution in [0.3, 0.4) is 0 Å². The molecule has 0 saturated heterocycles. The molecule has 0 fully saturated rings. The highest BCUT2D eigenvalue weighted by atomic mass is 16.1. The monoisotopic (exact) mass is 212 g/mol. The zero-order valence-electron chi connectivity index (χ0n) is 9.66. The lowest BCUT2D eigenvalue weighted by molar-refractivity contribution is 0.737. The van der Waals surface area contributed by atoms with Crippen molar-refractivity contribution in [3.8, 4) is 0 Å². The maximum absolute atomic E-state index is 10.7. The third-order valence-corrected chi connectivity index (χ3v) is 1.24. The van der Waals surface area contributed by atoms with Crippen molar-refractivity contribution in [2.75, 3.05) is 0 Å². The van der Waals surface area contributed by atoms with Gasteiger partial charge in [-0.15, -0.1) is 0 Å². The van der Waals surface area contributed by atoms with E-state index in [1.807, 2.05) is 13.8 Å². The van der Waals surface area contributed by atoms with Gasteiger partial charge in [-0.1, -0.05) is 42.0 Å². The Morgan fingerprint density at radius 1 is 1.20 bits per heavy atom. The van der Waals surface area contributed by atoms with Crippen LogP contribution in [0.15, 0.2) is 17.1 Å². The van der Waals surface area contributed by atoms with E-state index in [4.69, 9.17) is 0 Å². The summed E-state index contributed by atoms with van der Waals surface area (Å²) in [5.74, 6) is 1.86. The molecular formula is C12H24N2O. The van der Waals surface area contributed by atoms with Crippen LogP contribution >= 0.6 is 0 Å². The predicted octanol–water partition coefficient (Wildman–Crippen LogP) is 3.19. The molecule has 0 aromatic carbocycles. The van der Waals surface area contributed by atoms with Gasteiger partial charge in [-0.25, -0.2) is 4.98 Å². The number of aromatic amines is 1. The minimum atomic E-state index is -0.0845. The van der Waals surface area contributed by atoms with Crippen molar-refractivity contribution >= 4 is 0 Å². The van der Waals surface area contributed by atoms with Crippen LogP contribution in [-0.2, 0) is 0 Å². The topological polar surface area (TPSA) is 45.8 Å². The minimum absolute atomic E-state index is 0. The molecule has 1 aromatic rings. The highest BCUT2D eigenvalue weighted by Crippen LogP contribution is 2.03. The lowest BCUT2D eigenvalue weighted by Gasteiger charge is -2.00. The van der Waals surface area contributed by atoms with E-state index in [1.54, 1.807) is 0 Å². The number of nitrogens with one attached hydrogen (secondary N) is 1. The Hall–Kier alpha value is -1.12. The van der Waals surface area contributed by atoms with Crippen LogP contribution in [-0.4, -0.2) is 9.97 Å². The molecule has 3 heteroatoms. The molecular weight excluding hydrogens is 188 g/mol. The van der Waals surface area contributed by atoms with Crippen molar-refractivity contribution in [2.45, 2.75) is 48.0 Å². The molecule has 0 spiro atoms. The second kappa shape index (κ2) is 8.21. The summed E-state index contributed by atoms with van der Waals surface area (Å²) in [6.07, 6.45) is 1.52. The van der Waals surface area contributed by atoms with Crippen molar-refractivity contribution < 1.29 is 0 Å². The van der Waals surface area contributed by atoms with Crippen LogP contribution in [0.4, 0.5) is 0 Å². The Morgan fingerprint density at radius 2 is 1.67 bits per heavy atom. The van der Waals surface area contributed by atoms with Gasteiger partial charge in [0.25, 0.3) is 5.56 Å². The summed E-state index contributed by atoms with van der Waals surface area (Å²) in [7, 11) is 0. The van der Waals surface area contributed by atoms with Crippen LogP contribution in [0.5, 0.6) is 0 Å². The Labute approximate surface area is 93.0 Å². The van der Waals surface area contributed by atoms with Crippen molar-refractivity contribution in [3.05, 3.63) is 28.4 Å². The van der Waals surface area contributed by atoms with Crippen molar-refractivity contribution in [3.63, 3.8) is 0 Å². The molecule has 1 aromatic heterocycles. The molecule has 0 atom stereocenters. The average Bonchev–Trinajstić information content (AvgIpc) is 2.03. The predicted molar refractivity (Wildman–Crippen MR) is 66.2 cm³/mol. The minimum Gasteiger partial charge on any atom is -0.310 e. The van der Waals surface area contributed by atoms with Crippen molar-refractivity contribution in [2.24, 2.45) is 5.92 Å². The van der Waals surface area contributed by atoms with Crippen LogP contribution in [0, 0.1) is 5.92 Å². The Bertz CT molecular complexity index is 300. The fraction of sp³-hybridized carbons (Fsp3) is 0.667. The third kappa shape index (κ3) is 9.19. The van der Waals surface area contributed by atoms with Crippen LogP contribution < -0.4 is 5.56 Å². The lowest BCUT2D eigenvalue weighted by atomic mass is 10.2. The fourth-order valence-corrected chi connectivity index (χ4v) is 0.679. The first-order chi connectivity index (χ1) is 6.43. The Morgan fingerprint density at radius 3 is 1.93 bits per heavy atom. The van der Waals surface area contributed by atoms with Gasteiger partial charge in [0.15, 0.2) is 0 Å². The fourth-order valence-electron chi connectivity index (χ4n) is 0.679.